The van der Waals surface area contributed by atoms with Gasteiger partial charge in [-0.1, -0.05) is 24.3 Å². The Morgan fingerprint density at radius 3 is 2.33 bits per heavy atom. The summed E-state index contributed by atoms with van der Waals surface area (Å²) in [5.41, 5.74) is 0.865. The summed E-state index contributed by atoms with van der Waals surface area (Å²) >= 11 is 0. The number of carbonyl (C=O) groups is 2. The van der Waals surface area contributed by atoms with E-state index in [9.17, 15) is 9.59 Å². The molecule has 1 saturated heterocycles. The van der Waals surface area contributed by atoms with Crippen molar-refractivity contribution >= 4 is 23.3 Å². The molecule has 1 aromatic carbocycles. The number of aromatic nitrogens is 1. The number of piperazine rings is 1. The average Bonchev–Trinajstić information content (AvgIpc) is 3.54. The molecule has 2 aromatic rings. The summed E-state index contributed by atoms with van der Waals surface area (Å²) in [6, 6.07) is 15.4. The van der Waals surface area contributed by atoms with E-state index in [-0.39, 0.29) is 23.7 Å². The molecule has 2 amide bonds. The largest absolute Gasteiger partial charge is 0.353 e. The molecule has 1 aliphatic carbocycles. The first kappa shape index (κ1) is 17.5. The number of carbonyl (C=O) groups excluding carboxylic acids is 2. The van der Waals surface area contributed by atoms with E-state index in [4.69, 9.17) is 0 Å². The van der Waals surface area contributed by atoms with Crippen LogP contribution in [0.3, 0.4) is 0 Å². The molecule has 1 aliphatic heterocycles. The Bertz CT molecular complexity index is 803. The van der Waals surface area contributed by atoms with E-state index >= 15 is 0 Å². The van der Waals surface area contributed by atoms with Crippen LogP contribution in [0.15, 0.2) is 54.7 Å². The third-order valence-corrected chi connectivity index (χ3v) is 5.46. The maximum atomic E-state index is 12.8. The Hall–Kier alpha value is -2.89. The van der Waals surface area contributed by atoms with Crippen LogP contribution < -0.4 is 9.80 Å². The molecular weight excluding hydrogens is 340 g/mol. The Morgan fingerprint density at radius 1 is 0.963 bits per heavy atom. The fourth-order valence-electron chi connectivity index (χ4n) is 3.70. The van der Waals surface area contributed by atoms with Crippen LogP contribution in [0.4, 0.5) is 11.5 Å². The van der Waals surface area contributed by atoms with Crippen molar-refractivity contribution in [3.63, 3.8) is 0 Å². The highest BCUT2D eigenvalue weighted by Gasteiger charge is 2.50. The van der Waals surface area contributed by atoms with E-state index in [1.54, 1.807) is 18.1 Å². The maximum Gasteiger partial charge on any atom is 0.230 e. The highest BCUT2D eigenvalue weighted by molar-refractivity contribution is 6.00. The minimum absolute atomic E-state index is 0.0340. The van der Waals surface area contributed by atoms with Gasteiger partial charge < -0.3 is 14.7 Å². The zero-order valence-corrected chi connectivity index (χ0v) is 15.5. The number of nitrogens with zero attached hydrogens (tertiary/aromatic N) is 4. The van der Waals surface area contributed by atoms with Crippen molar-refractivity contribution in [2.45, 2.75) is 6.42 Å². The van der Waals surface area contributed by atoms with Gasteiger partial charge in [0.15, 0.2) is 0 Å². The number of rotatable bonds is 4. The van der Waals surface area contributed by atoms with Crippen LogP contribution in [0, 0.1) is 11.8 Å². The predicted molar refractivity (Wildman–Crippen MR) is 104 cm³/mol. The molecule has 2 heterocycles. The van der Waals surface area contributed by atoms with Gasteiger partial charge in [-0.2, -0.15) is 0 Å². The topological polar surface area (TPSA) is 56.8 Å². The minimum Gasteiger partial charge on any atom is -0.353 e. The molecule has 0 radical (unpaired) electrons. The van der Waals surface area contributed by atoms with E-state index in [0.29, 0.717) is 19.5 Å². The average molecular weight is 364 g/mol. The third-order valence-electron chi connectivity index (χ3n) is 5.46. The van der Waals surface area contributed by atoms with Crippen LogP contribution in [0.25, 0.3) is 0 Å². The molecule has 0 N–H and O–H groups in total. The van der Waals surface area contributed by atoms with Crippen molar-refractivity contribution in [3.05, 3.63) is 54.7 Å². The Labute approximate surface area is 159 Å². The molecule has 2 fully saturated rings. The first-order chi connectivity index (χ1) is 13.1. The van der Waals surface area contributed by atoms with Crippen LogP contribution in [0.5, 0.6) is 0 Å². The fourth-order valence-corrected chi connectivity index (χ4v) is 3.70. The van der Waals surface area contributed by atoms with E-state index in [1.165, 1.54) is 0 Å². The van der Waals surface area contributed by atoms with E-state index in [0.717, 1.165) is 24.6 Å². The van der Waals surface area contributed by atoms with Gasteiger partial charge in [-0.3, -0.25) is 9.59 Å². The summed E-state index contributed by atoms with van der Waals surface area (Å²) in [6.07, 6.45) is 2.45. The number of hydrogen-bond donors (Lipinski definition) is 0. The predicted octanol–water partition coefficient (Wildman–Crippen LogP) is 2.03. The molecule has 1 aromatic heterocycles. The number of benzene rings is 1. The van der Waals surface area contributed by atoms with Crippen LogP contribution in [0.1, 0.15) is 6.42 Å². The van der Waals surface area contributed by atoms with E-state index in [1.807, 2.05) is 53.4 Å². The highest BCUT2D eigenvalue weighted by Crippen LogP contribution is 2.42. The zero-order chi connectivity index (χ0) is 18.8. The molecule has 0 spiro atoms. The molecular formula is C21H24N4O2. The van der Waals surface area contributed by atoms with Crippen LogP contribution in [0.2, 0.25) is 0 Å². The van der Waals surface area contributed by atoms with Crippen LogP contribution in [-0.2, 0) is 9.59 Å². The van der Waals surface area contributed by atoms with Crippen molar-refractivity contribution in [1.29, 1.82) is 0 Å². The van der Waals surface area contributed by atoms with Gasteiger partial charge in [-0.15, -0.1) is 0 Å². The summed E-state index contributed by atoms with van der Waals surface area (Å²) in [5.74, 6) is 0.761. The molecule has 4 rings (SSSR count). The number of para-hydroxylation sites is 1. The lowest BCUT2D eigenvalue weighted by Gasteiger charge is -2.35. The molecule has 140 valence electrons. The second kappa shape index (κ2) is 7.39. The van der Waals surface area contributed by atoms with Crippen molar-refractivity contribution in [2.24, 2.45) is 11.8 Å². The highest BCUT2D eigenvalue weighted by atomic mass is 16.2. The van der Waals surface area contributed by atoms with Crippen LogP contribution >= 0.6 is 0 Å². The quantitative estimate of drug-likeness (QED) is 0.833. The van der Waals surface area contributed by atoms with Gasteiger partial charge >= 0.3 is 0 Å². The lowest BCUT2D eigenvalue weighted by atomic mass is 10.2. The van der Waals surface area contributed by atoms with Crippen molar-refractivity contribution < 1.29 is 9.59 Å². The van der Waals surface area contributed by atoms with Gasteiger partial charge in [-0.05, 0) is 30.7 Å². The molecule has 2 aliphatic rings. The Morgan fingerprint density at radius 2 is 1.67 bits per heavy atom. The standard InChI is InChI=1S/C21H24N4O2/c1-23(16-7-3-2-4-8-16)20(26)17-15-18(17)21(27)25-13-11-24(12-14-25)19-9-5-6-10-22-19/h2-10,17-18H,11-15H2,1H3. The van der Waals surface area contributed by atoms with Crippen molar-refractivity contribution in [1.82, 2.24) is 9.88 Å². The lowest BCUT2D eigenvalue weighted by molar-refractivity contribution is -0.134. The first-order valence-corrected chi connectivity index (χ1v) is 9.42. The number of anilines is 2. The van der Waals surface area contributed by atoms with Gasteiger partial charge in [0.05, 0.1) is 11.8 Å². The lowest BCUT2D eigenvalue weighted by Crippen LogP contribution is -2.49. The summed E-state index contributed by atoms with van der Waals surface area (Å²) in [6.45, 7) is 2.92. The number of pyridine rings is 1. The number of amides is 2. The molecule has 6 heteroatoms. The molecule has 2 atom stereocenters. The van der Waals surface area contributed by atoms with E-state index < -0.39 is 0 Å². The summed E-state index contributed by atoms with van der Waals surface area (Å²) in [4.78, 5) is 35.6. The molecule has 0 bridgehead atoms. The second-order valence-electron chi connectivity index (χ2n) is 7.18. The van der Waals surface area contributed by atoms with Gasteiger partial charge in [0.25, 0.3) is 0 Å². The normalized spacial score (nSPS) is 21.7. The molecule has 1 saturated carbocycles. The van der Waals surface area contributed by atoms with Gasteiger partial charge in [0.1, 0.15) is 5.82 Å². The van der Waals surface area contributed by atoms with Gasteiger partial charge in [0.2, 0.25) is 11.8 Å². The van der Waals surface area contributed by atoms with Gasteiger partial charge in [-0.25, -0.2) is 4.98 Å². The Kier molecular flexibility index (Phi) is 4.79. The maximum absolute atomic E-state index is 12.8. The fraction of sp³-hybridized carbons (Fsp3) is 0.381. The monoisotopic (exact) mass is 364 g/mol. The summed E-state index contributed by atoms with van der Waals surface area (Å²) < 4.78 is 0. The summed E-state index contributed by atoms with van der Waals surface area (Å²) in [5, 5.41) is 0. The zero-order valence-electron chi connectivity index (χ0n) is 15.5. The van der Waals surface area contributed by atoms with Crippen molar-refractivity contribution in [3.8, 4) is 0 Å². The van der Waals surface area contributed by atoms with Gasteiger partial charge in [0, 0.05) is 45.1 Å². The minimum atomic E-state index is -0.184. The molecule has 6 nitrogen and oxygen atoms in total. The summed E-state index contributed by atoms with van der Waals surface area (Å²) in [7, 11) is 1.78. The van der Waals surface area contributed by atoms with E-state index in [2.05, 4.69) is 9.88 Å². The second-order valence-corrected chi connectivity index (χ2v) is 7.18. The van der Waals surface area contributed by atoms with Crippen LogP contribution in [-0.4, -0.2) is 54.9 Å². The Balaban J connectivity index is 1.31. The smallest absolute Gasteiger partial charge is 0.230 e. The number of hydrogen-bond acceptors (Lipinski definition) is 4. The van der Waals surface area contributed by atoms with Crippen molar-refractivity contribution in [2.75, 3.05) is 43.0 Å². The SMILES string of the molecule is CN(C(=O)C1CC1C(=O)N1CCN(c2ccccn2)CC1)c1ccccc1. The first-order valence-electron chi connectivity index (χ1n) is 9.42. The third kappa shape index (κ3) is 3.65. The molecule has 2 unspecified atom stereocenters. The molecule has 27 heavy (non-hydrogen) atoms.